The molecule has 1 saturated heterocycles. The van der Waals surface area contributed by atoms with Gasteiger partial charge in [-0.3, -0.25) is 9.59 Å². The van der Waals surface area contributed by atoms with Crippen molar-refractivity contribution in [3.63, 3.8) is 0 Å². The van der Waals surface area contributed by atoms with Crippen LogP contribution in [0, 0.1) is 6.92 Å². The third kappa shape index (κ3) is 3.82. The average molecular weight is 438 g/mol. The van der Waals surface area contributed by atoms with E-state index in [0.29, 0.717) is 17.1 Å². The summed E-state index contributed by atoms with van der Waals surface area (Å²) in [5, 5.41) is 11.4. The molecule has 7 heteroatoms. The van der Waals surface area contributed by atoms with Crippen molar-refractivity contribution >= 4 is 29.1 Å². The number of Topliss-reactive ketones (excluding diaryl/α,β-unsaturated/α-hetero) is 1. The van der Waals surface area contributed by atoms with Gasteiger partial charge in [0.1, 0.15) is 17.3 Å². The molecule has 2 aromatic carbocycles. The molecule has 1 fully saturated rings. The number of carbonyl (C=O) groups excluding carboxylic acids is 2. The highest BCUT2D eigenvalue weighted by molar-refractivity contribution is 6.47. The van der Waals surface area contributed by atoms with Gasteiger partial charge >= 0.3 is 0 Å². The van der Waals surface area contributed by atoms with Crippen molar-refractivity contribution < 1.29 is 23.8 Å². The number of carbonyl (C=O) groups is 2. The molecule has 1 unspecified atom stereocenters. The van der Waals surface area contributed by atoms with Crippen molar-refractivity contribution in [1.82, 2.24) is 4.90 Å². The number of aliphatic hydroxyl groups is 1. The molecule has 1 aromatic heterocycles. The lowest BCUT2D eigenvalue weighted by Crippen LogP contribution is -2.29. The quantitative estimate of drug-likeness (QED) is 0.350. The second-order valence-corrected chi connectivity index (χ2v) is 7.67. The Labute approximate surface area is 184 Å². The molecule has 4 rings (SSSR count). The molecule has 0 radical (unpaired) electrons. The van der Waals surface area contributed by atoms with Gasteiger partial charge in [-0.2, -0.15) is 0 Å². The number of furan rings is 1. The topological polar surface area (TPSA) is 80.0 Å². The molecule has 1 atom stereocenters. The Bertz CT molecular complexity index is 1180. The summed E-state index contributed by atoms with van der Waals surface area (Å²) >= 11 is 6.31. The van der Waals surface area contributed by atoms with Gasteiger partial charge in [0.05, 0.1) is 36.6 Å². The minimum atomic E-state index is -0.799. The second-order valence-electron chi connectivity index (χ2n) is 7.27. The van der Waals surface area contributed by atoms with Crippen molar-refractivity contribution in [2.45, 2.75) is 19.5 Å². The minimum Gasteiger partial charge on any atom is -0.507 e. The Morgan fingerprint density at radius 2 is 1.97 bits per heavy atom. The molecule has 0 bridgehead atoms. The summed E-state index contributed by atoms with van der Waals surface area (Å²) in [6.45, 7) is 2.00. The first-order valence-corrected chi connectivity index (χ1v) is 9.99. The van der Waals surface area contributed by atoms with Crippen LogP contribution in [0.25, 0.3) is 5.76 Å². The van der Waals surface area contributed by atoms with Crippen molar-refractivity contribution in [1.29, 1.82) is 0 Å². The van der Waals surface area contributed by atoms with E-state index in [9.17, 15) is 14.7 Å². The number of ketones is 1. The molecular weight excluding hydrogens is 418 g/mol. The van der Waals surface area contributed by atoms with Gasteiger partial charge in [-0.25, -0.2) is 0 Å². The molecule has 31 heavy (non-hydrogen) atoms. The SMILES string of the molecule is COc1ccc(Cl)c(/C(O)=C2\C(=O)C(=O)N(Cc3ccco3)C2c2cccc(C)c2)c1. The Kier molecular flexibility index (Phi) is 5.57. The van der Waals surface area contributed by atoms with Crippen LogP contribution in [0.3, 0.4) is 0 Å². The van der Waals surface area contributed by atoms with Crippen molar-refractivity contribution in [3.05, 3.63) is 93.9 Å². The zero-order chi connectivity index (χ0) is 22.1. The van der Waals surface area contributed by atoms with Gasteiger partial charge in [-0.1, -0.05) is 41.4 Å². The first-order valence-electron chi connectivity index (χ1n) is 9.62. The Hall–Kier alpha value is -3.51. The highest BCUT2D eigenvalue weighted by Crippen LogP contribution is 2.42. The third-order valence-electron chi connectivity index (χ3n) is 5.23. The Morgan fingerprint density at radius 3 is 2.65 bits per heavy atom. The maximum Gasteiger partial charge on any atom is 0.296 e. The molecule has 0 aliphatic carbocycles. The van der Waals surface area contributed by atoms with Crippen LogP contribution in [0.1, 0.15) is 28.5 Å². The first kappa shape index (κ1) is 20.8. The fourth-order valence-corrected chi connectivity index (χ4v) is 3.97. The van der Waals surface area contributed by atoms with Crippen LogP contribution >= 0.6 is 11.6 Å². The van der Waals surface area contributed by atoms with E-state index in [1.54, 1.807) is 24.3 Å². The highest BCUT2D eigenvalue weighted by atomic mass is 35.5. The molecule has 1 aliphatic heterocycles. The highest BCUT2D eigenvalue weighted by Gasteiger charge is 2.46. The van der Waals surface area contributed by atoms with Gasteiger partial charge in [-0.05, 0) is 42.8 Å². The summed E-state index contributed by atoms with van der Waals surface area (Å²) in [6.07, 6.45) is 1.50. The largest absolute Gasteiger partial charge is 0.507 e. The molecule has 2 heterocycles. The second kappa shape index (κ2) is 8.32. The van der Waals surface area contributed by atoms with Crippen LogP contribution in [0.5, 0.6) is 5.75 Å². The Balaban J connectivity index is 1.91. The van der Waals surface area contributed by atoms with Gasteiger partial charge in [-0.15, -0.1) is 0 Å². The summed E-state index contributed by atoms with van der Waals surface area (Å²) in [7, 11) is 1.49. The monoisotopic (exact) mass is 437 g/mol. The zero-order valence-corrected chi connectivity index (χ0v) is 17.7. The van der Waals surface area contributed by atoms with Crippen molar-refractivity contribution in [2.75, 3.05) is 7.11 Å². The predicted molar refractivity (Wildman–Crippen MR) is 116 cm³/mol. The maximum absolute atomic E-state index is 13.1. The number of hydrogen-bond acceptors (Lipinski definition) is 5. The molecule has 1 N–H and O–H groups in total. The van der Waals surface area contributed by atoms with E-state index in [4.69, 9.17) is 20.8 Å². The molecule has 3 aromatic rings. The van der Waals surface area contributed by atoms with E-state index in [0.717, 1.165) is 5.56 Å². The number of halogens is 1. The van der Waals surface area contributed by atoms with Crippen LogP contribution in [0.15, 0.2) is 70.9 Å². The van der Waals surface area contributed by atoms with Crippen LogP contribution < -0.4 is 4.74 Å². The summed E-state index contributed by atoms with van der Waals surface area (Å²) in [4.78, 5) is 27.5. The van der Waals surface area contributed by atoms with Gasteiger partial charge < -0.3 is 19.2 Å². The summed E-state index contributed by atoms with van der Waals surface area (Å²) < 4.78 is 10.6. The number of hydrogen-bond donors (Lipinski definition) is 1. The lowest BCUT2D eigenvalue weighted by atomic mass is 9.94. The summed E-state index contributed by atoms with van der Waals surface area (Å²) in [5.74, 6) is -0.865. The molecule has 1 aliphatic rings. The molecule has 158 valence electrons. The van der Waals surface area contributed by atoms with E-state index in [1.165, 1.54) is 24.3 Å². The third-order valence-corrected chi connectivity index (χ3v) is 5.56. The number of aliphatic hydroxyl groups excluding tert-OH is 1. The van der Waals surface area contributed by atoms with E-state index < -0.39 is 17.7 Å². The zero-order valence-electron chi connectivity index (χ0n) is 17.0. The van der Waals surface area contributed by atoms with Crippen LogP contribution in [0.2, 0.25) is 5.02 Å². The number of amides is 1. The first-order chi connectivity index (χ1) is 14.9. The number of methoxy groups -OCH3 is 1. The number of benzene rings is 2. The number of aryl methyl sites for hydroxylation is 1. The van der Waals surface area contributed by atoms with Crippen molar-refractivity contribution in [3.8, 4) is 5.75 Å². The smallest absolute Gasteiger partial charge is 0.296 e. The predicted octanol–water partition coefficient (Wildman–Crippen LogP) is 4.87. The van der Waals surface area contributed by atoms with E-state index in [-0.39, 0.29) is 28.5 Å². The van der Waals surface area contributed by atoms with Crippen LogP contribution in [-0.2, 0) is 16.1 Å². The number of ether oxygens (including phenoxy) is 1. The standard InChI is InChI=1S/C24H20ClNO5/c1-14-5-3-6-15(11-14)21-20(22(27)18-12-16(30-2)8-9-19(18)25)23(28)24(29)26(21)13-17-7-4-10-31-17/h3-12,21,27H,13H2,1-2H3/b22-20+. The van der Waals surface area contributed by atoms with Gasteiger partial charge in [0.25, 0.3) is 11.7 Å². The molecule has 1 amide bonds. The van der Waals surface area contributed by atoms with E-state index >= 15 is 0 Å². The maximum atomic E-state index is 13.1. The van der Waals surface area contributed by atoms with Gasteiger partial charge in [0.15, 0.2) is 0 Å². The van der Waals surface area contributed by atoms with Crippen LogP contribution in [-0.4, -0.2) is 28.8 Å². The average Bonchev–Trinajstić information content (AvgIpc) is 3.36. The number of rotatable bonds is 5. The summed E-state index contributed by atoms with van der Waals surface area (Å²) in [6, 6.07) is 14.8. The van der Waals surface area contributed by atoms with Crippen LogP contribution in [0.4, 0.5) is 0 Å². The number of likely N-dealkylation sites (tertiary alicyclic amines) is 1. The lowest BCUT2D eigenvalue weighted by molar-refractivity contribution is -0.140. The Morgan fingerprint density at radius 1 is 1.16 bits per heavy atom. The molecule has 0 saturated carbocycles. The fraction of sp³-hybridized carbons (Fsp3) is 0.167. The lowest BCUT2D eigenvalue weighted by Gasteiger charge is -2.25. The summed E-state index contributed by atoms with van der Waals surface area (Å²) in [5.41, 5.74) is 1.85. The molecular formula is C24H20ClNO5. The van der Waals surface area contributed by atoms with Gasteiger partial charge in [0.2, 0.25) is 0 Å². The van der Waals surface area contributed by atoms with E-state index in [2.05, 4.69) is 0 Å². The van der Waals surface area contributed by atoms with E-state index in [1.807, 2.05) is 31.2 Å². The minimum absolute atomic E-state index is 0.0303. The molecule has 0 spiro atoms. The fourth-order valence-electron chi connectivity index (χ4n) is 3.76. The normalized spacial score (nSPS) is 17.9. The number of nitrogens with zero attached hydrogens (tertiary/aromatic N) is 1. The molecule has 6 nitrogen and oxygen atoms in total. The van der Waals surface area contributed by atoms with Crippen molar-refractivity contribution in [2.24, 2.45) is 0 Å². The van der Waals surface area contributed by atoms with Gasteiger partial charge in [0, 0.05) is 5.56 Å².